The van der Waals surface area contributed by atoms with E-state index in [2.05, 4.69) is 13.2 Å². The maximum Gasteiger partial charge on any atom is 0.330 e. The minimum atomic E-state index is -0.399. The van der Waals surface area contributed by atoms with Crippen LogP contribution in [-0.4, -0.2) is 62.4 Å². The SMILES string of the molecule is C=CC(=O)OCCCCCCOc1ccc(CCC(=O)Oc2ccc3c(c2)nc(Oc2ccc(OC)cc2)c2cc(OC(=O)CCc4ccc(OCCCCCCOC(=O)C=C)cc4)ccc23)cc1. The van der Waals surface area contributed by atoms with Crippen molar-refractivity contribution in [1.29, 1.82) is 0 Å². The zero-order valence-electron chi connectivity index (χ0n) is 39.1. The van der Waals surface area contributed by atoms with Crippen molar-refractivity contribution in [3.63, 3.8) is 0 Å². The van der Waals surface area contributed by atoms with E-state index in [9.17, 15) is 19.2 Å². The molecule has 0 saturated heterocycles. The number of aromatic nitrogens is 1. The monoisotopic (exact) mass is 937 g/mol. The van der Waals surface area contributed by atoms with E-state index in [4.69, 9.17) is 42.9 Å². The first kappa shape index (κ1) is 50.7. The van der Waals surface area contributed by atoms with Gasteiger partial charge in [-0.3, -0.25) is 9.59 Å². The molecule has 0 spiro atoms. The molecule has 0 radical (unpaired) electrons. The molecule has 13 nitrogen and oxygen atoms in total. The Bertz CT molecular complexity index is 2640. The van der Waals surface area contributed by atoms with Crippen LogP contribution in [0, 0.1) is 0 Å². The van der Waals surface area contributed by atoms with E-state index < -0.39 is 11.9 Å². The summed E-state index contributed by atoms with van der Waals surface area (Å²) < 4.78 is 45.0. The van der Waals surface area contributed by atoms with Gasteiger partial charge in [0.2, 0.25) is 5.88 Å². The summed E-state index contributed by atoms with van der Waals surface area (Å²) in [5, 5.41) is 2.20. The molecule has 0 aliphatic heterocycles. The second kappa shape index (κ2) is 27.2. The molecule has 0 atom stereocenters. The van der Waals surface area contributed by atoms with Gasteiger partial charge in [0.25, 0.3) is 0 Å². The van der Waals surface area contributed by atoms with Gasteiger partial charge in [-0.25, -0.2) is 14.6 Å². The first-order valence-corrected chi connectivity index (χ1v) is 23.3. The predicted octanol–water partition coefficient (Wildman–Crippen LogP) is 11.6. The number of unbranched alkanes of at least 4 members (excludes halogenated alkanes) is 6. The molecule has 0 N–H and O–H groups in total. The summed E-state index contributed by atoms with van der Waals surface area (Å²) in [6, 6.07) is 33.1. The molecule has 13 heteroatoms. The highest BCUT2D eigenvalue weighted by Gasteiger charge is 2.16. The highest BCUT2D eigenvalue weighted by Crippen LogP contribution is 2.37. The number of carbonyl (C=O) groups excluding carboxylic acids is 4. The summed E-state index contributed by atoms with van der Waals surface area (Å²) in [6.45, 7) is 8.73. The van der Waals surface area contributed by atoms with Crippen molar-refractivity contribution in [2.45, 2.75) is 77.0 Å². The van der Waals surface area contributed by atoms with E-state index in [1.807, 2.05) is 60.7 Å². The molecule has 0 saturated carbocycles. The largest absolute Gasteiger partial charge is 0.497 e. The highest BCUT2D eigenvalue weighted by atomic mass is 16.5. The first-order valence-electron chi connectivity index (χ1n) is 23.3. The van der Waals surface area contributed by atoms with E-state index in [0.717, 1.165) is 84.8 Å². The molecule has 1 aromatic heterocycles. The predicted molar refractivity (Wildman–Crippen MR) is 263 cm³/mol. The minimum Gasteiger partial charge on any atom is -0.497 e. The normalized spacial score (nSPS) is 10.8. The van der Waals surface area contributed by atoms with Crippen LogP contribution in [0.4, 0.5) is 0 Å². The lowest BCUT2D eigenvalue weighted by molar-refractivity contribution is -0.138. The first-order chi connectivity index (χ1) is 33.7. The van der Waals surface area contributed by atoms with Crippen molar-refractivity contribution in [2.75, 3.05) is 33.5 Å². The summed E-state index contributed by atoms with van der Waals surface area (Å²) in [5.74, 6) is 2.09. The molecule has 0 aliphatic carbocycles. The third-order valence-corrected chi connectivity index (χ3v) is 11.0. The Hall–Kier alpha value is -7.67. The van der Waals surface area contributed by atoms with E-state index in [0.29, 0.717) is 73.2 Å². The molecule has 0 amide bonds. The van der Waals surface area contributed by atoms with Gasteiger partial charge >= 0.3 is 23.9 Å². The van der Waals surface area contributed by atoms with Gasteiger partial charge in [-0.1, -0.05) is 37.4 Å². The zero-order chi connectivity index (χ0) is 48.6. The summed E-state index contributed by atoms with van der Waals surface area (Å²) >= 11 is 0. The van der Waals surface area contributed by atoms with Crippen molar-refractivity contribution in [3.8, 4) is 40.4 Å². The third kappa shape index (κ3) is 16.9. The highest BCUT2D eigenvalue weighted by molar-refractivity contribution is 6.08. The molecule has 6 aromatic rings. The number of aryl methyl sites for hydroxylation is 2. The maximum absolute atomic E-state index is 13.1. The second-order valence-electron chi connectivity index (χ2n) is 16.1. The molecule has 1 heterocycles. The van der Waals surface area contributed by atoms with Crippen LogP contribution in [0.3, 0.4) is 0 Å². The number of carbonyl (C=O) groups is 4. The van der Waals surface area contributed by atoms with Gasteiger partial charge in [-0.2, -0.15) is 0 Å². The molecular weight excluding hydrogens is 879 g/mol. The number of pyridine rings is 1. The van der Waals surface area contributed by atoms with Crippen LogP contribution in [0.25, 0.3) is 21.7 Å². The number of hydrogen-bond acceptors (Lipinski definition) is 13. The minimum absolute atomic E-state index is 0.163. The van der Waals surface area contributed by atoms with Crippen LogP contribution in [0.5, 0.6) is 40.4 Å². The van der Waals surface area contributed by atoms with E-state index in [-0.39, 0.29) is 30.7 Å². The quantitative estimate of drug-likeness (QED) is 0.0144. The van der Waals surface area contributed by atoms with Crippen molar-refractivity contribution in [3.05, 3.63) is 146 Å². The summed E-state index contributed by atoms with van der Waals surface area (Å²) in [6.07, 6.45) is 10.8. The van der Waals surface area contributed by atoms with Crippen LogP contribution in [0.2, 0.25) is 0 Å². The number of methoxy groups -OCH3 is 1. The van der Waals surface area contributed by atoms with E-state index >= 15 is 0 Å². The lowest BCUT2D eigenvalue weighted by Gasteiger charge is -2.13. The topological polar surface area (TPSA) is 155 Å². The lowest BCUT2D eigenvalue weighted by Crippen LogP contribution is -2.09. The van der Waals surface area contributed by atoms with Crippen LogP contribution < -0.4 is 28.4 Å². The fourth-order valence-corrected chi connectivity index (χ4v) is 7.22. The Morgan fingerprint density at radius 3 is 1.41 bits per heavy atom. The molecule has 360 valence electrons. The maximum atomic E-state index is 13.1. The van der Waals surface area contributed by atoms with Gasteiger partial charge < -0.3 is 37.9 Å². The average Bonchev–Trinajstić information content (AvgIpc) is 3.37. The summed E-state index contributed by atoms with van der Waals surface area (Å²) in [7, 11) is 1.59. The fraction of sp³-hybridized carbons (Fsp3) is 0.304. The number of benzene rings is 5. The number of rotatable bonds is 29. The molecule has 0 aliphatic rings. The van der Waals surface area contributed by atoms with Crippen molar-refractivity contribution < 1.29 is 57.1 Å². The lowest BCUT2D eigenvalue weighted by atomic mass is 10.1. The molecular formula is C56H59NO12. The summed E-state index contributed by atoms with van der Waals surface area (Å²) in [5.41, 5.74) is 2.50. The van der Waals surface area contributed by atoms with Gasteiger partial charge in [-0.15, -0.1) is 0 Å². The average molecular weight is 938 g/mol. The Morgan fingerprint density at radius 1 is 0.478 bits per heavy atom. The van der Waals surface area contributed by atoms with Gasteiger partial charge in [0, 0.05) is 41.8 Å². The van der Waals surface area contributed by atoms with Crippen molar-refractivity contribution in [1.82, 2.24) is 4.98 Å². The third-order valence-electron chi connectivity index (χ3n) is 11.0. The van der Waals surface area contributed by atoms with E-state index in [1.165, 1.54) is 12.2 Å². The van der Waals surface area contributed by atoms with Crippen LogP contribution in [0.15, 0.2) is 135 Å². The van der Waals surface area contributed by atoms with Crippen LogP contribution in [-0.2, 0) is 41.5 Å². The van der Waals surface area contributed by atoms with Gasteiger partial charge in [0.1, 0.15) is 34.5 Å². The number of nitrogens with zero attached hydrogens (tertiary/aromatic N) is 1. The van der Waals surface area contributed by atoms with Crippen LogP contribution >= 0.6 is 0 Å². The van der Waals surface area contributed by atoms with Crippen LogP contribution in [0.1, 0.15) is 75.3 Å². The zero-order valence-corrected chi connectivity index (χ0v) is 39.1. The van der Waals surface area contributed by atoms with Crippen molar-refractivity contribution in [2.24, 2.45) is 0 Å². The second-order valence-corrected chi connectivity index (χ2v) is 16.1. The molecule has 0 bridgehead atoms. The van der Waals surface area contributed by atoms with E-state index in [1.54, 1.807) is 55.6 Å². The number of esters is 4. The van der Waals surface area contributed by atoms with Crippen molar-refractivity contribution >= 4 is 45.6 Å². The Labute approximate surface area is 402 Å². The Balaban J connectivity index is 1.01. The number of ether oxygens (including phenoxy) is 8. The molecule has 69 heavy (non-hydrogen) atoms. The molecule has 0 unspecified atom stereocenters. The smallest absolute Gasteiger partial charge is 0.330 e. The van der Waals surface area contributed by atoms with Gasteiger partial charge in [0.05, 0.1) is 39.1 Å². The standard InChI is InChI=1S/C56H59NO12/c1-4-52(58)65-36-12-8-6-10-34-63-43-20-14-40(15-21-43)18-32-54(60)67-46-28-30-48-49-31-29-47(39-51(49)57-56(50(48)38-46)69-45-26-24-42(62-3)25-27-45)68-55(61)33-19-41-16-22-44(23-17-41)64-35-11-7-9-13-37-66-53(59)5-2/h4-5,14-17,20-31,38-39H,1-2,6-13,18-19,32-37H2,3H3. The van der Waals surface area contributed by atoms with Gasteiger partial charge in [-0.05, 0) is 160 Å². The van der Waals surface area contributed by atoms with Gasteiger partial charge in [0.15, 0.2) is 0 Å². The fourth-order valence-electron chi connectivity index (χ4n) is 7.22. The molecule has 6 rings (SSSR count). The Kier molecular flexibility index (Phi) is 20.0. The Morgan fingerprint density at radius 2 is 0.913 bits per heavy atom. The number of fused-ring (bicyclic) bond motifs is 3. The molecule has 0 fully saturated rings. The molecule has 5 aromatic carbocycles. The summed E-state index contributed by atoms with van der Waals surface area (Å²) in [4.78, 5) is 53.3. The number of hydrogen-bond donors (Lipinski definition) is 0.